The molecule has 0 saturated carbocycles. The number of hydrogen-bond acceptors (Lipinski definition) is 2. The van der Waals surface area contributed by atoms with E-state index < -0.39 is 0 Å². The minimum atomic E-state index is 0.438. The van der Waals surface area contributed by atoms with Crippen LogP contribution in [0.5, 0.6) is 0 Å². The predicted octanol–water partition coefficient (Wildman–Crippen LogP) is -0.107. The summed E-state index contributed by atoms with van der Waals surface area (Å²) in [6.07, 6.45) is 2.90. The average molecular weight is 160 g/mol. The minimum absolute atomic E-state index is 0.438. The molecule has 1 fully saturated rings. The van der Waals surface area contributed by atoms with Gasteiger partial charge in [0.2, 0.25) is 0 Å². The molecule has 60 valence electrons. The van der Waals surface area contributed by atoms with Crippen LogP contribution in [-0.2, 0) is 9.47 Å². The molecular formula is C7H16O2Si. The van der Waals surface area contributed by atoms with E-state index in [1.165, 1.54) is 12.8 Å². The normalized spacial score (nSPS) is 26.7. The fraction of sp³-hybridized carbons (Fsp3) is 1.00. The van der Waals surface area contributed by atoms with E-state index in [-0.39, 0.29) is 0 Å². The highest BCUT2D eigenvalue weighted by molar-refractivity contribution is 6.10. The van der Waals surface area contributed by atoms with Crippen LogP contribution >= 0.6 is 0 Å². The molecule has 0 spiro atoms. The van der Waals surface area contributed by atoms with Gasteiger partial charge in [-0.1, -0.05) is 13.3 Å². The van der Waals surface area contributed by atoms with Gasteiger partial charge in [0.1, 0.15) is 6.10 Å². The van der Waals surface area contributed by atoms with Crippen molar-refractivity contribution in [2.45, 2.75) is 31.6 Å². The summed E-state index contributed by atoms with van der Waals surface area (Å²) in [7, 11) is 1.15. The molecular weight excluding hydrogens is 144 g/mol. The minimum Gasteiger partial charge on any atom is -0.380 e. The van der Waals surface area contributed by atoms with Crippen LogP contribution in [0.4, 0.5) is 0 Å². The number of ether oxygens (including phenoxy) is 2. The third kappa shape index (κ3) is 3.34. The maximum Gasteiger partial charge on any atom is 0.104 e. The summed E-state index contributed by atoms with van der Waals surface area (Å²) < 4.78 is 10.6. The zero-order valence-corrected chi connectivity index (χ0v) is 8.80. The van der Waals surface area contributed by atoms with E-state index in [2.05, 4.69) is 6.92 Å². The molecule has 1 saturated heterocycles. The molecule has 0 radical (unpaired) electrons. The molecule has 0 bridgehead atoms. The fourth-order valence-corrected chi connectivity index (χ4v) is 1.70. The molecule has 0 aliphatic carbocycles. The molecule has 1 heterocycles. The van der Waals surface area contributed by atoms with E-state index in [9.17, 15) is 0 Å². The first-order valence-electron chi connectivity index (χ1n) is 4.06. The molecule has 2 nitrogen and oxygen atoms in total. The Kier molecular flexibility index (Phi) is 3.38. The van der Waals surface area contributed by atoms with Crippen LogP contribution in [0.15, 0.2) is 0 Å². The van der Waals surface area contributed by atoms with Crippen LogP contribution in [0.3, 0.4) is 0 Å². The van der Waals surface area contributed by atoms with Gasteiger partial charge in [-0.05, 0) is 6.42 Å². The smallest absolute Gasteiger partial charge is 0.104 e. The first-order valence-corrected chi connectivity index (χ1v) is 5.21. The summed E-state index contributed by atoms with van der Waals surface area (Å²) in [6, 6.07) is 0. The Morgan fingerprint density at radius 1 is 1.80 bits per heavy atom. The maximum atomic E-state index is 5.54. The van der Waals surface area contributed by atoms with Crippen molar-refractivity contribution in [3.8, 4) is 0 Å². The highest BCUT2D eigenvalue weighted by Gasteiger charge is 2.22. The van der Waals surface area contributed by atoms with Gasteiger partial charge in [0.15, 0.2) is 0 Å². The third-order valence-corrected chi connectivity index (χ3v) is 2.57. The second-order valence-corrected chi connectivity index (χ2v) is 4.18. The Labute approximate surface area is 65.3 Å². The SMILES string of the molecule is CCCC([SiH3])OCC1CO1. The average Bonchev–Trinajstić information content (AvgIpc) is 2.67. The van der Waals surface area contributed by atoms with E-state index in [0.717, 1.165) is 23.5 Å². The summed E-state index contributed by atoms with van der Waals surface area (Å²) in [5.41, 5.74) is 0.550. The fourth-order valence-electron chi connectivity index (χ4n) is 0.926. The molecule has 1 aliphatic heterocycles. The first kappa shape index (κ1) is 8.24. The van der Waals surface area contributed by atoms with Crippen molar-refractivity contribution in [1.82, 2.24) is 0 Å². The Morgan fingerprint density at radius 3 is 3.00 bits per heavy atom. The summed E-state index contributed by atoms with van der Waals surface area (Å²) in [5.74, 6) is 0. The number of rotatable bonds is 5. The van der Waals surface area contributed by atoms with Crippen LogP contribution in [0.25, 0.3) is 0 Å². The van der Waals surface area contributed by atoms with Crippen LogP contribution < -0.4 is 0 Å². The van der Waals surface area contributed by atoms with Crippen molar-refractivity contribution >= 4 is 10.2 Å². The van der Waals surface area contributed by atoms with Crippen molar-refractivity contribution in [2.24, 2.45) is 0 Å². The quantitative estimate of drug-likeness (QED) is 0.413. The van der Waals surface area contributed by atoms with E-state index in [1.807, 2.05) is 0 Å². The molecule has 0 N–H and O–H groups in total. The second-order valence-electron chi connectivity index (χ2n) is 2.89. The lowest BCUT2D eigenvalue weighted by molar-refractivity contribution is 0.0865. The molecule has 10 heavy (non-hydrogen) atoms. The molecule has 1 aliphatic rings. The maximum absolute atomic E-state index is 5.54. The lowest BCUT2D eigenvalue weighted by Crippen LogP contribution is -2.15. The predicted molar refractivity (Wildman–Crippen MR) is 44.3 cm³/mol. The molecule has 0 aromatic rings. The molecule has 0 aromatic heterocycles. The summed E-state index contributed by atoms with van der Waals surface area (Å²) >= 11 is 0. The van der Waals surface area contributed by atoms with Gasteiger partial charge in [-0.25, -0.2) is 0 Å². The Hall–Kier alpha value is 0.137. The molecule has 0 aromatic carbocycles. The van der Waals surface area contributed by atoms with Gasteiger partial charge in [-0.2, -0.15) is 0 Å². The van der Waals surface area contributed by atoms with E-state index in [4.69, 9.17) is 9.47 Å². The van der Waals surface area contributed by atoms with Gasteiger partial charge >= 0.3 is 0 Å². The Morgan fingerprint density at radius 2 is 2.50 bits per heavy atom. The van der Waals surface area contributed by atoms with Crippen molar-refractivity contribution in [1.29, 1.82) is 0 Å². The van der Waals surface area contributed by atoms with Gasteiger partial charge in [-0.15, -0.1) is 0 Å². The van der Waals surface area contributed by atoms with Gasteiger partial charge in [0.25, 0.3) is 0 Å². The van der Waals surface area contributed by atoms with Crippen LogP contribution in [0.2, 0.25) is 0 Å². The first-order chi connectivity index (χ1) is 4.83. The lowest BCUT2D eigenvalue weighted by atomic mass is 10.3. The van der Waals surface area contributed by atoms with Crippen LogP contribution in [0, 0.1) is 0 Å². The van der Waals surface area contributed by atoms with Gasteiger partial charge < -0.3 is 9.47 Å². The molecule has 2 unspecified atom stereocenters. The Balaban J connectivity index is 1.89. The van der Waals surface area contributed by atoms with Crippen LogP contribution in [0.1, 0.15) is 19.8 Å². The van der Waals surface area contributed by atoms with Gasteiger partial charge in [-0.3, -0.25) is 0 Å². The van der Waals surface area contributed by atoms with Gasteiger partial charge in [0, 0.05) is 16.0 Å². The Bertz CT molecular complexity index is 93.6. The van der Waals surface area contributed by atoms with E-state index >= 15 is 0 Å². The lowest BCUT2D eigenvalue weighted by Gasteiger charge is -2.09. The standard InChI is InChI=1S/C7H16O2Si/c1-2-3-7(10)9-5-6-4-8-6/h6-7H,2-5H2,1,10H3. The number of epoxide rings is 1. The van der Waals surface area contributed by atoms with Crippen molar-refractivity contribution < 1.29 is 9.47 Å². The molecule has 0 amide bonds. The van der Waals surface area contributed by atoms with E-state index in [1.54, 1.807) is 0 Å². The largest absolute Gasteiger partial charge is 0.380 e. The van der Waals surface area contributed by atoms with Gasteiger partial charge in [0.05, 0.1) is 13.2 Å². The van der Waals surface area contributed by atoms with Crippen molar-refractivity contribution in [2.75, 3.05) is 13.2 Å². The summed E-state index contributed by atoms with van der Waals surface area (Å²) in [4.78, 5) is 0. The van der Waals surface area contributed by atoms with Crippen molar-refractivity contribution in [3.05, 3.63) is 0 Å². The number of hydrogen-bond donors (Lipinski definition) is 0. The monoisotopic (exact) mass is 160 g/mol. The topological polar surface area (TPSA) is 21.8 Å². The summed E-state index contributed by atoms with van der Waals surface area (Å²) in [5, 5.41) is 0. The summed E-state index contributed by atoms with van der Waals surface area (Å²) in [6.45, 7) is 3.94. The van der Waals surface area contributed by atoms with Crippen LogP contribution in [-0.4, -0.2) is 35.3 Å². The zero-order chi connectivity index (χ0) is 7.40. The molecule has 1 rings (SSSR count). The highest BCUT2D eigenvalue weighted by atomic mass is 28.1. The zero-order valence-electron chi connectivity index (χ0n) is 6.80. The third-order valence-electron chi connectivity index (χ3n) is 1.66. The van der Waals surface area contributed by atoms with Crippen molar-refractivity contribution in [3.63, 3.8) is 0 Å². The second kappa shape index (κ2) is 4.11. The molecule has 3 heteroatoms. The molecule has 2 atom stereocenters. The van der Waals surface area contributed by atoms with E-state index in [0.29, 0.717) is 11.8 Å². The highest BCUT2D eigenvalue weighted by Crippen LogP contribution is 2.10.